The molecular formula is C46H40F3N5O7. The smallest absolute Gasteiger partial charge is 0.416 e. The van der Waals surface area contributed by atoms with E-state index in [1.165, 1.54) is 12.1 Å². The van der Waals surface area contributed by atoms with Crippen molar-refractivity contribution in [3.8, 4) is 11.5 Å². The summed E-state index contributed by atoms with van der Waals surface area (Å²) in [6, 6.07) is 26.4. The number of nitrogens with zero attached hydrogens (tertiary/aromatic N) is 2. The molecule has 1 atom stereocenters. The number of imide groups is 2. The number of carbonyl (C=O) groups is 6. The first-order valence-corrected chi connectivity index (χ1v) is 19.9. The third-order valence-electron chi connectivity index (χ3n) is 11.3. The van der Waals surface area contributed by atoms with Crippen LogP contribution in [0.3, 0.4) is 0 Å². The number of carbonyl (C=O) groups excluding carboxylic acids is 6. The molecule has 2 fully saturated rings. The van der Waals surface area contributed by atoms with Gasteiger partial charge in [0.05, 0.1) is 16.7 Å². The Labute approximate surface area is 348 Å². The maximum atomic E-state index is 13.3. The number of amides is 6. The third kappa shape index (κ3) is 8.95. The van der Waals surface area contributed by atoms with E-state index in [-0.39, 0.29) is 54.0 Å². The van der Waals surface area contributed by atoms with Crippen molar-refractivity contribution in [1.82, 2.24) is 20.9 Å². The molecule has 0 spiro atoms. The van der Waals surface area contributed by atoms with E-state index in [0.29, 0.717) is 42.8 Å². The van der Waals surface area contributed by atoms with Gasteiger partial charge in [0, 0.05) is 55.7 Å². The van der Waals surface area contributed by atoms with Gasteiger partial charge in [0.15, 0.2) is 0 Å². The van der Waals surface area contributed by atoms with Crippen molar-refractivity contribution in [3.63, 3.8) is 0 Å². The van der Waals surface area contributed by atoms with Gasteiger partial charge < -0.3 is 20.3 Å². The molecule has 0 saturated carbocycles. The lowest BCUT2D eigenvalue weighted by atomic mass is 9.92. The highest BCUT2D eigenvalue weighted by atomic mass is 19.4. The van der Waals surface area contributed by atoms with Crippen LogP contribution in [0, 0.1) is 5.92 Å². The monoisotopic (exact) mass is 831 g/mol. The topological polar surface area (TPSA) is 154 Å². The fourth-order valence-electron chi connectivity index (χ4n) is 8.04. The lowest BCUT2D eigenvalue weighted by Gasteiger charge is -2.33. The predicted molar refractivity (Wildman–Crippen MR) is 218 cm³/mol. The van der Waals surface area contributed by atoms with Gasteiger partial charge in [-0.2, -0.15) is 13.2 Å². The van der Waals surface area contributed by atoms with Gasteiger partial charge in [-0.15, -0.1) is 0 Å². The number of anilines is 1. The molecule has 5 aromatic carbocycles. The van der Waals surface area contributed by atoms with Gasteiger partial charge in [0.1, 0.15) is 17.5 Å². The van der Waals surface area contributed by atoms with E-state index in [4.69, 9.17) is 4.74 Å². The minimum absolute atomic E-state index is 0.0521. The standard InChI is InChI=1S/C46H40F3N5O7/c47-46(48,49)32-8-11-34(12-9-32)61-39-6-2-5-30-23-31(7-13-35(30)39)42(57)51-26-29-4-1-3-28(21-29)25-50-41(56)22-27-17-19-53(20-18-27)33-10-14-36-37(24-33)45(60)54(44(36)59)38-15-16-40(55)52-43(38)58/h1-14,21,23-24,27,38H,15-20,22,25-26H2,(H,50,56)(H,51,57)(H,52,55,58). The molecule has 1 unspecified atom stereocenters. The Hall–Kier alpha value is -7.03. The number of benzene rings is 5. The van der Waals surface area contributed by atoms with E-state index < -0.39 is 41.4 Å². The van der Waals surface area contributed by atoms with Gasteiger partial charge >= 0.3 is 6.18 Å². The summed E-state index contributed by atoms with van der Waals surface area (Å²) in [4.78, 5) is 79.6. The second kappa shape index (κ2) is 16.9. The Morgan fingerprint density at radius 3 is 2.18 bits per heavy atom. The normalized spacial score (nSPS) is 17.0. The van der Waals surface area contributed by atoms with Gasteiger partial charge in [0.2, 0.25) is 17.7 Å². The van der Waals surface area contributed by atoms with Crippen LogP contribution in [-0.4, -0.2) is 59.5 Å². The van der Waals surface area contributed by atoms with Crippen molar-refractivity contribution in [2.45, 2.75) is 57.4 Å². The van der Waals surface area contributed by atoms with Crippen LogP contribution in [0.25, 0.3) is 10.8 Å². The summed E-state index contributed by atoms with van der Waals surface area (Å²) in [6.45, 7) is 1.88. The number of hydrogen-bond acceptors (Lipinski definition) is 8. The maximum absolute atomic E-state index is 13.3. The highest BCUT2D eigenvalue weighted by Gasteiger charge is 2.45. The summed E-state index contributed by atoms with van der Waals surface area (Å²) in [5, 5.41) is 9.56. The number of hydrogen-bond donors (Lipinski definition) is 3. The van der Waals surface area contributed by atoms with E-state index >= 15 is 0 Å². The fraction of sp³-hybridized carbons (Fsp3) is 0.261. The molecule has 8 rings (SSSR count). The van der Waals surface area contributed by atoms with Crippen LogP contribution in [0.4, 0.5) is 18.9 Å². The molecular weight excluding hydrogens is 792 g/mol. The molecule has 0 bridgehead atoms. The molecule has 312 valence electrons. The highest BCUT2D eigenvalue weighted by molar-refractivity contribution is 6.23. The van der Waals surface area contributed by atoms with Crippen molar-refractivity contribution >= 4 is 51.9 Å². The first-order chi connectivity index (χ1) is 29.3. The Bertz CT molecular complexity index is 2570. The fourth-order valence-corrected chi connectivity index (χ4v) is 8.04. The minimum Gasteiger partial charge on any atom is -0.457 e. The minimum atomic E-state index is -4.45. The zero-order chi connectivity index (χ0) is 42.8. The number of piperidine rings is 2. The summed E-state index contributed by atoms with van der Waals surface area (Å²) < 4.78 is 44.8. The summed E-state index contributed by atoms with van der Waals surface area (Å²) in [5.41, 5.74) is 2.62. The second-order valence-electron chi connectivity index (χ2n) is 15.4. The number of ether oxygens (including phenoxy) is 1. The highest BCUT2D eigenvalue weighted by Crippen LogP contribution is 2.35. The van der Waals surface area contributed by atoms with Crippen LogP contribution < -0.4 is 25.6 Å². The lowest BCUT2D eigenvalue weighted by molar-refractivity contribution is -0.138. The summed E-state index contributed by atoms with van der Waals surface area (Å²) in [6.07, 6.45) is -2.44. The first kappa shape index (κ1) is 40.7. The summed E-state index contributed by atoms with van der Waals surface area (Å²) in [5.74, 6) is -1.69. The van der Waals surface area contributed by atoms with Crippen LogP contribution in [0.1, 0.15) is 79.9 Å². The van der Waals surface area contributed by atoms with Crippen LogP contribution in [0.2, 0.25) is 0 Å². The van der Waals surface area contributed by atoms with E-state index in [1.54, 1.807) is 48.5 Å². The molecule has 15 heteroatoms. The molecule has 3 N–H and O–H groups in total. The van der Waals surface area contributed by atoms with Crippen LogP contribution in [0.5, 0.6) is 11.5 Å². The molecule has 0 aliphatic carbocycles. The second-order valence-corrected chi connectivity index (χ2v) is 15.4. The summed E-state index contributed by atoms with van der Waals surface area (Å²) in [7, 11) is 0. The lowest BCUT2D eigenvalue weighted by Crippen LogP contribution is -2.54. The quantitative estimate of drug-likeness (QED) is 0.122. The number of rotatable bonds is 11. The van der Waals surface area contributed by atoms with Crippen molar-refractivity contribution in [1.29, 1.82) is 0 Å². The predicted octanol–water partition coefficient (Wildman–Crippen LogP) is 6.91. The van der Waals surface area contributed by atoms with E-state index in [9.17, 15) is 41.9 Å². The average Bonchev–Trinajstić information content (AvgIpc) is 3.50. The van der Waals surface area contributed by atoms with Crippen molar-refractivity contribution < 1.29 is 46.7 Å². The molecule has 0 radical (unpaired) electrons. The first-order valence-electron chi connectivity index (χ1n) is 19.9. The van der Waals surface area contributed by atoms with E-state index in [1.807, 2.05) is 30.3 Å². The largest absolute Gasteiger partial charge is 0.457 e. The summed E-state index contributed by atoms with van der Waals surface area (Å²) >= 11 is 0. The van der Waals surface area contributed by atoms with E-state index in [2.05, 4.69) is 20.9 Å². The number of nitrogens with one attached hydrogen (secondary N) is 3. The molecule has 3 heterocycles. The molecule has 0 aromatic heterocycles. The SMILES string of the molecule is O=C(CC1CCN(c2ccc3c(c2)C(=O)N(C2CCC(=O)NC2=O)C3=O)CC1)NCc1cccc(CNC(=O)c2ccc3c(Oc4ccc(C(F)(F)F)cc4)cccc3c2)c1. The molecule has 6 amide bonds. The number of halogens is 3. The molecule has 5 aromatic rings. The molecule has 3 aliphatic heterocycles. The Balaban J connectivity index is 0.792. The zero-order valence-electron chi connectivity index (χ0n) is 32.7. The van der Waals surface area contributed by atoms with Crippen molar-refractivity contribution in [2.75, 3.05) is 18.0 Å². The van der Waals surface area contributed by atoms with Crippen LogP contribution >= 0.6 is 0 Å². The maximum Gasteiger partial charge on any atom is 0.416 e. The molecule has 3 aliphatic rings. The average molecular weight is 832 g/mol. The van der Waals surface area contributed by atoms with E-state index in [0.717, 1.165) is 52.1 Å². The van der Waals surface area contributed by atoms with Crippen LogP contribution in [-0.2, 0) is 33.6 Å². The number of fused-ring (bicyclic) bond motifs is 2. The van der Waals surface area contributed by atoms with Gasteiger partial charge in [-0.1, -0.05) is 36.4 Å². The Morgan fingerprint density at radius 2 is 1.46 bits per heavy atom. The third-order valence-corrected chi connectivity index (χ3v) is 11.3. The van der Waals surface area contributed by atoms with Crippen molar-refractivity contribution in [3.05, 3.63) is 137 Å². The Kier molecular flexibility index (Phi) is 11.3. The molecule has 61 heavy (non-hydrogen) atoms. The van der Waals surface area contributed by atoms with Gasteiger partial charge in [0.25, 0.3) is 17.7 Å². The van der Waals surface area contributed by atoms with Crippen LogP contribution in [0.15, 0.2) is 103 Å². The van der Waals surface area contributed by atoms with Gasteiger partial charge in [-0.05, 0) is 108 Å². The number of alkyl halides is 3. The zero-order valence-corrected chi connectivity index (χ0v) is 32.7. The van der Waals surface area contributed by atoms with Gasteiger partial charge in [-0.25, -0.2) is 0 Å². The molecule has 2 saturated heterocycles. The van der Waals surface area contributed by atoms with Crippen molar-refractivity contribution in [2.24, 2.45) is 5.92 Å². The Morgan fingerprint density at radius 1 is 0.754 bits per heavy atom. The molecule has 12 nitrogen and oxygen atoms in total. The van der Waals surface area contributed by atoms with Gasteiger partial charge in [-0.3, -0.25) is 39.0 Å².